The number of halogens is 3. The Morgan fingerprint density at radius 3 is 2.20 bits per heavy atom. The topological polar surface area (TPSA) is 92.4 Å². The zero-order valence-corrected chi connectivity index (χ0v) is 10.3. The van der Waals surface area contributed by atoms with E-state index in [4.69, 9.17) is 15.6 Å². The van der Waals surface area contributed by atoms with Gasteiger partial charge >= 0.3 is 12.1 Å². The SMILES string of the molecule is NC(=O)C1Cc2ccccc2CN1.O=C(O)C(F)(F)F. The number of primary amides is 1. The molecular weight excluding hydrogens is 277 g/mol. The Kier molecular flexibility index (Phi) is 5.09. The van der Waals surface area contributed by atoms with E-state index in [9.17, 15) is 18.0 Å². The maximum atomic E-state index is 10.9. The number of hydrogen-bond acceptors (Lipinski definition) is 3. The van der Waals surface area contributed by atoms with Crippen LogP contribution in [0.25, 0.3) is 0 Å². The van der Waals surface area contributed by atoms with Gasteiger partial charge in [0.05, 0.1) is 6.04 Å². The lowest BCUT2D eigenvalue weighted by Crippen LogP contribution is -2.45. The molecule has 0 spiro atoms. The van der Waals surface area contributed by atoms with Gasteiger partial charge in [0, 0.05) is 6.54 Å². The summed E-state index contributed by atoms with van der Waals surface area (Å²) < 4.78 is 31.7. The molecule has 5 nitrogen and oxygen atoms in total. The predicted molar refractivity (Wildman–Crippen MR) is 63.7 cm³/mol. The van der Waals surface area contributed by atoms with Gasteiger partial charge < -0.3 is 16.2 Å². The van der Waals surface area contributed by atoms with Crippen LogP contribution >= 0.6 is 0 Å². The predicted octanol–water partition coefficient (Wildman–Crippen LogP) is 0.819. The monoisotopic (exact) mass is 290 g/mol. The molecule has 1 aliphatic heterocycles. The van der Waals surface area contributed by atoms with Crippen LogP contribution in [0.1, 0.15) is 11.1 Å². The van der Waals surface area contributed by atoms with E-state index in [1.54, 1.807) is 0 Å². The summed E-state index contributed by atoms with van der Waals surface area (Å²) >= 11 is 0. The Balaban J connectivity index is 0.000000246. The van der Waals surface area contributed by atoms with Crippen molar-refractivity contribution >= 4 is 11.9 Å². The molecule has 0 bridgehead atoms. The highest BCUT2D eigenvalue weighted by atomic mass is 19.4. The molecule has 0 radical (unpaired) electrons. The minimum absolute atomic E-state index is 0.199. The van der Waals surface area contributed by atoms with Gasteiger partial charge in [-0.05, 0) is 17.5 Å². The Hall–Kier alpha value is -2.09. The number of amides is 1. The fraction of sp³-hybridized carbons (Fsp3) is 0.333. The average molecular weight is 290 g/mol. The molecule has 0 aliphatic carbocycles. The highest BCUT2D eigenvalue weighted by Gasteiger charge is 2.38. The minimum atomic E-state index is -5.08. The maximum absolute atomic E-state index is 10.9. The first kappa shape index (κ1) is 16.0. The molecule has 0 fully saturated rings. The summed E-state index contributed by atoms with van der Waals surface area (Å²) in [5.41, 5.74) is 7.71. The highest BCUT2D eigenvalue weighted by Crippen LogP contribution is 2.15. The van der Waals surface area contributed by atoms with E-state index in [1.807, 2.05) is 18.2 Å². The van der Waals surface area contributed by atoms with Crippen molar-refractivity contribution < 1.29 is 27.9 Å². The van der Waals surface area contributed by atoms with Gasteiger partial charge in [0.25, 0.3) is 0 Å². The van der Waals surface area contributed by atoms with Crippen LogP contribution in [0, 0.1) is 0 Å². The molecule has 1 amide bonds. The first-order chi connectivity index (χ1) is 9.21. The van der Waals surface area contributed by atoms with Gasteiger partial charge in [-0.2, -0.15) is 13.2 Å². The third-order valence-corrected chi connectivity index (χ3v) is 2.67. The molecule has 1 aromatic carbocycles. The van der Waals surface area contributed by atoms with Crippen LogP contribution in [0.2, 0.25) is 0 Å². The van der Waals surface area contributed by atoms with Gasteiger partial charge in [-0.25, -0.2) is 4.79 Å². The zero-order chi connectivity index (χ0) is 15.3. The van der Waals surface area contributed by atoms with E-state index in [2.05, 4.69) is 11.4 Å². The van der Waals surface area contributed by atoms with Gasteiger partial charge in [0.1, 0.15) is 0 Å². The number of benzene rings is 1. The molecule has 1 heterocycles. The number of hydrogen-bond donors (Lipinski definition) is 3. The van der Waals surface area contributed by atoms with E-state index < -0.39 is 12.1 Å². The number of carbonyl (C=O) groups excluding carboxylic acids is 1. The number of fused-ring (bicyclic) bond motifs is 1. The molecule has 1 unspecified atom stereocenters. The molecule has 8 heteroatoms. The van der Waals surface area contributed by atoms with Crippen LogP contribution in [0.5, 0.6) is 0 Å². The zero-order valence-electron chi connectivity index (χ0n) is 10.3. The van der Waals surface area contributed by atoms with Gasteiger partial charge in [-0.3, -0.25) is 4.79 Å². The molecule has 2 rings (SSSR count). The fourth-order valence-electron chi connectivity index (χ4n) is 1.66. The van der Waals surface area contributed by atoms with E-state index in [-0.39, 0.29) is 11.9 Å². The Labute approximate surface area is 112 Å². The molecule has 1 aliphatic rings. The Morgan fingerprint density at radius 1 is 1.25 bits per heavy atom. The lowest BCUT2D eigenvalue weighted by Gasteiger charge is -2.23. The van der Waals surface area contributed by atoms with E-state index in [0.717, 1.165) is 6.54 Å². The fourth-order valence-corrected chi connectivity index (χ4v) is 1.66. The first-order valence-electron chi connectivity index (χ1n) is 5.61. The summed E-state index contributed by atoms with van der Waals surface area (Å²) in [4.78, 5) is 19.8. The van der Waals surface area contributed by atoms with Crippen LogP contribution in [0.3, 0.4) is 0 Å². The van der Waals surface area contributed by atoms with Gasteiger partial charge in [-0.15, -0.1) is 0 Å². The number of nitrogens with two attached hydrogens (primary N) is 1. The second-order valence-corrected chi connectivity index (χ2v) is 4.11. The number of aliphatic carboxylic acids is 1. The molecule has 20 heavy (non-hydrogen) atoms. The summed E-state index contributed by atoms with van der Waals surface area (Å²) in [6.07, 6.45) is -4.37. The standard InChI is InChI=1S/C10H12N2O.C2HF3O2/c11-10(13)9-5-7-3-1-2-4-8(7)6-12-9;3-2(4,5)1(6)7/h1-4,9,12H,5-6H2,(H2,11,13);(H,6,7). The summed E-state index contributed by atoms with van der Waals surface area (Å²) in [6.45, 7) is 0.740. The third kappa shape index (κ3) is 4.54. The number of alkyl halides is 3. The van der Waals surface area contributed by atoms with Crippen molar-refractivity contribution in [2.24, 2.45) is 5.73 Å². The second-order valence-electron chi connectivity index (χ2n) is 4.11. The number of rotatable bonds is 1. The molecule has 0 aromatic heterocycles. The van der Waals surface area contributed by atoms with Crippen molar-refractivity contribution in [2.45, 2.75) is 25.2 Å². The second kappa shape index (κ2) is 6.38. The van der Waals surface area contributed by atoms with Crippen molar-refractivity contribution in [3.8, 4) is 0 Å². The molecular formula is C12H13F3N2O3. The molecule has 1 aromatic rings. The number of carboxylic acid groups (broad SMARTS) is 1. The molecule has 0 saturated heterocycles. The molecule has 110 valence electrons. The number of carboxylic acids is 1. The van der Waals surface area contributed by atoms with Crippen LogP contribution in [0.15, 0.2) is 24.3 Å². The van der Waals surface area contributed by atoms with E-state index in [0.29, 0.717) is 6.42 Å². The van der Waals surface area contributed by atoms with Crippen molar-refractivity contribution in [3.63, 3.8) is 0 Å². The quantitative estimate of drug-likeness (QED) is 0.714. The van der Waals surface area contributed by atoms with Crippen molar-refractivity contribution in [1.82, 2.24) is 5.32 Å². The smallest absolute Gasteiger partial charge is 0.475 e. The van der Waals surface area contributed by atoms with Gasteiger partial charge in [0.2, 0.25) is 5.91 Å². The van der Waals surface area contributed by atoms with Crippen molar-refractivity contribution in [2.75, 3.05) is 0 Å². The Bertz CT molecular complexity index is 503. The summed E-state index contributed by atoms with van der Waals surface area (Å²) in [5, 5.41) is 10.2. The van der Waals surface area contributed by atoms with Crippen LogP contribution < -0.4 is 11.1 Å². The summed E-state index contributed by atoms with van der Waals surface area (Å²) in [6, 6.07) is 7.91. The van der Waals surface area contributed by atoms with Crippen molar-refractivity contribution in [1.29, 1.82) is 0 Å². The Morgan fingerprint density at radius 2 is 1.75 bits per heavy atom. The van der Waals surface area contributed by atoms with Gasteiger partial charge in [-0.1, -0.05) is 24.3 Å². The van der Waals surface area contributed by atoms with Gasteiger partial charge in [0.15, 0.2) is 0 Å². The maximum Gasteiger partial charge on any atom is 0.490 e. The summed E-state index contributed by atoms with van der Waals surface area (Å²) in [5.74, 6) is -3.03. The average Bonchev–Trinajstić information content (AvgIpc) is 2.37. The lowest BCUT2D eigenvalue weighted by molar-refractivity contribution is -0.192. The summed E-state index contributed by atoms with van der Waals surface area (Å²) in [7, 11) is 0. The lowest BCUT2D eigenvalue weighted by atomic mass is 9.96. The molecule has 0 saturated carbocycles. The van der Waals surface area contributed by atoms with Crippen LogP contribution in [-0.4, -0.2) is 29.2 Å². The van der Waals surface area contributed by atoms with Crippen LogP contribution in [-0.2, 0) is 22.6 Å². The first-order valence-corrected chi connectivity index (χ1v) is 5.61. The van der Waals surface area contributed by atoms with Crippen LogP contribution in [0.4, 0.5) is 13.2 Å². The largest absolute Gasteiger partial charge is 0.490 e. The highest BCUT2D eigenvalue weighted by molar-refractivity contribution is 5.80. The molecule has 4 N–H and O–H groups in total. The normalized spacial score (nSPS) is 17.4. The third-order valence-electron chi connectivity index (χ3n) is 2.67. The number of carbonyl (C=O) groups is 2. The van der Waals surface area contributed by atoms with E-state index in [1.165, 1.54) is 11.1 Å². The number of nitrogens with one attached hydrogen (secondary N) is 1. The molecule has 1 atom stereocenters. The van der Waals surface area contributed by atoms with E-state index >= 15 is 0 Å². The van der Waals surface area contributed by atoms with Crippen molar-refractivity contribution in [3.05, 3.63) is 35.4 Å². The minimum Gasteiger partial charge on any atom is -0.475 e.